The predicted octanol–water partition coefficient (Wildman–Crippen LogP) is 3.52. The van der Waals surface area contributed by atoms with E-state index in [9.17, 15) is 14.4 Å². The van der Waals surface area contributed by atoms with Gasteiger partial charge in [0.05, 0.1) is 12.3 Å². The van der Waals surface area contributed by atoms with Gasteiger partial charge in [-0.2, -0.15) is 0 Å². The largest absolute Gasteiger partial charge is 0.476 e. The zero-order valence-electron chi connectivity index (χ0n) is 16.0. The number of Topliss-reactive ketones (excluding diaryl/α,β-unsaturated/α-hetero) is 1. The highest BCUT2D eigenvalue weighted by molar-refractivity contribution is 6.06. The first-order valence-electron chi connectivity index (χ1n) is 9.14. The van der Waals surface area contributed by atoms with Crippen LogP contribution in [0.3, 0.4) is 0 Å². The van der Waals surface area contributed by atoms with Crippen molar-refractivity contribution in [3.63, 3.8) is 0 Å². The van der Waals surface area contributed by atoms with Crippen LogP contribution < -0.4 is 9.64 Å². The second-order valence-corrected chi connectivity index (χ2v) is 6.93. The van der Waals surface area contributed by atoms with E-state index in [1.165, 1.54) is 4.90 Å². The van der Waals surface area contributed by atoms with E-state index in [1.807, 2.05) is 13.8 Å². The number of hydrogen-bond donors (Lipinski definition) is 0. The van der Waals surface area contributed by atoms with Crippen molar-refractivity contribution in [1.29, 1.82) is 0 Å². The molecule has 26 heavy (non-hydrogen) atoms. The molecule has 0 aromatic heterocycles. The number of esters is 1. The van der Waals surface area contributed by atoms with Crippen molar-refractivity contribution >= 4 is 23.3 Å². The average Bonchev–Trinajstić information content (AvgIpc) is 2.59. The van der Waals surface area contributed by atoms with Crippen LogP contribution in [-0.2, 0) is 14.3 Å². The summed E-state index contributed by atoms with van der Waals surface area (Å²) in [5, 5.41) is 0. The molecule has 0 N–H and O–H groups in total. The molecule has 0 aliphatic carbocycles. The number of carbonyl (C=O) groups is 3. The lowest BCUT2D eigenvalue weighted by atomic mass is 10.0. The van der Waals surface area contributed by atoms with Crippen LogP contribution in [0.4, 0.5) is 5.69 Å². The Morgan fingerprint density at radius 2 is 1.92 bits per heavy atom. The van der Waals surface area contributed by atoms with E-state index in [4.69, 9.17) is 9.47 Å². The summed E-state index contributed by atoms with van der Waals surface area (Å²) in [6.45, 7) is 7.39. The molecule has 0 saturated carbocycles. The van der Waals surface area contributed by atoms with E-state index in [1.54, 1.807) is 32.0 Å². The number of amides is 1. The van der Waals surface area contributed by atoms with E-state index < -0.39 is 11.6 Å². The first kappa shape index (κ1) is 19.9. The van der Waals surface area contributed by atoms with Crippen LogP contribution >= 0.6 is 0 Å². The summed E-state index contributed by atoms with van der Waals surface area (Å²) >= 11 is 0. The fourth-order valence-corrected chi connectivity index (χ4v) is 2.77. The van der Waals surface area contributed by atoms with Crippen LogP contribution in [0, 0.1) is 0 Å². The zero-order chi connectivity index (χ0) is 19.3. The molecule has 1 aliphatic rings. The molecule has 0 bridgehead atoms. The van der Waals surface area contributed by atoms with Gasteiger partial charge in [-0.05, 0) is 44.9 Å². The summed E-state index contributed by atoms with van der Waals surface area (Å²) < 4.78 is 11.0. The van der Waals surface area contributed by atoms with Gasteiger partial charge in [-0.1, -0.05) is 20.3 Å². The Morgan fingerprint density at radius 3 is 2.58 bits per heavy atom. The Bertz CT molecular complexity index is 695. The minimum Gasteiger partial charge on any atom is -0.476 e. The van der Waals surface area contributed by atoms with E-state index in [2.05, 4.69) is 0 Å². The van der Waals surface area contributed by atoms with Gasteiger partial charge < -0.3 is 9.47 Å². The van der Waals surface area contributed by atoms with E-state index >= 15 is 0 Å². The summed E-state index contributed by atoms with van der Waals surface area (Å²) in [5.41, 5.74) is -0.152. The maximum Gasteiger partial charge on any atom is 0.326 e. The van der Waals surface area contributed by atoms with Gasteiger partial charge in [-0.3, -0.25) is 19.3 Å². The monoisotopic (exact) mass is 361 g/mol. The topological polar surface area (TPSA) is 72.9 Å². The first-order chi connectivity index (χ1) is 12.3. The number of unbranched alkanes of at least 4 members (excludes halogenated alkanes) is 1. The highest BCUT2D eigenvalue weighted by Gasteiger charge is 2.42. The van der Waals surface area contributed by atoms with Crippen molar-refractivity contribution in [2.75, 3.05) is 18.1 Å². The van der Waals surface area contributed by atoms with Crippen LogP contribution in [0.15, 0.2) is 18.2 Å². The van der Waals surface area contributed by atoms with Gasteiger partial charge in [0.1, 0.15) is 12.3 Å². The molecule has 0 unspecified atom stereocenters. The van der Waals surface area contributed by atoms with Crippen molar-refractivity contribution in [2.24, 2.45) is 0 Å². The molecule has 1 aromatic carbocycles. The van der Waals surface area contributed by atoms with E-state index in [0.29, 0.717) is 30.0 Å². The Balaban J connectivity index is 2.31. The lowest BCUT2D eigenvalue weighted by molar-refractivity contribution is -0.144. The molecule has 0 radical (unpaired) electrons. The molecule has 0 fully saturated rings. The standard InChI is InChI=1S/C20H27NO5/c1-5-7-11-25-18(23)13-21-15-12-14(16(22)8-6-2)9-10-17(15)26-20(3,4)19(21)24/h9-10,12H,5-8,11,13H2,1-4H3. The third kappa shape index (κ3) is 4.42. The molecule has 1 amide bonds. The van der Waals surface area contributed by atoms with E-state index in [0.717, 1.165) is 19.3 Å². The maximum absolute atomic E-state index is 12.8. The van der Waals surface area contributed by atoms with Gasteiger partial charge in [0, 0.05) is 12.0 Å². The highest BCUT2D eigenvalue weighted by atomic mass is 16.5. The Hall–Kier alpha value is -2.37. The molecule has 1 aromatic rings. The summed E-state index contributed by atoms with van der Waals surface area (Å²) in [4.78, 5) is 38.5. The van der Waals surface area contributed by atoms with Gasteiger partial charge in [-0.15, -0.1) is 0 Å². The van der Waals surface area contributed by atoms with Crippen LogP contribution in [0.25, 0.3) is 0 Å². The number of nitrogens with zero attached hydrogens (tertiary/aromatic N) is 1. The van der Waals surface area contributed by atoms with Crippen LogP contribution in [0.1, 0.15) is 63.7 Å². The number of benzene rings is 1. The number of ether oxygens (including phenoxy) is 2. The molecule has 0 saturated heterocycles. The van der Waals surface area contributed by atoms with Crippen molar-refractivity contribution in [2.45, 2.75) is 59.0 Å². The number of fused-ring (bicyclic) bond motifs is 1. The highest BCUT2D eigenvalue weighted by Crippen LogP contribution is 2.38. The maximum atomic E-state index is 12.8. The van der Waals surface area contributed by atoms with Crippen molar-refractivity contribution in [1.82, 2.24) is 0 Å². The molecule has 0 atom stereocenters. The fourth-order valence-electron chi connectivity index (χ4n) is 2.77. The van der Waals surface area contributed by atoms with Crippen LogP contribution in [-0.4, -0.2) is 36.4 Å². The normalized spacial score (nSPS) is 15.2. The second-order valence-electron chi connectivity index (χ2n) is 6.93. The number of ketones is 1. The molecule has 142 valence electrons. The first-order valence-corrected chi connectivity index (χ1v) is 9.14. The van der Waals surface area contributed by atoms with Gasteiger partial charge >= 0.3 is 5.97 Å². The van der Waals surface area contributed by atoms with Gasteiger partial charge in [0.25, 0.3) is 5.91 Å². The van der Waals surface area contributed by atoms with Gasteiger partial charge in [0.15, 0.2) is 11.4 Å². The van der Waals surface area contributed by atoms with Gasteiger partial charge in [-0.25, -0.2) is 0 Å². The quantitative estimate of drug-likeness (QED) is 0.402. The molecule has 6 heteroatoms. The molecule has 0 spiro atoms. The number of rotatable bonds is 8. The Labute approximate surface area is 154 Å². The summed E-state index contributed by atoms with van der Waals surface area (Å²) in [6.07, 6.45) is 2.87. The molecular weight excluding hydrogens is 334 g/mol. The van der Waals surface area contributed by atoms with Crippen LogP contribution in [0.5, 0.6) is 5.75 Å². The third-order valence-electron chi connectivity index (χ3n) is 4.22. The number of carbonyl (C=O) groups excluding carboxylic acids is 3. The summed E-state index contributed by atoms with van der Waals surface area (Å²) in [6, 6.07) is 5.00. The van der Waals surface area contributed by atoms with Crippen molar-refractivity contribution in [3.05, 3.63) is 23.8 Å². The Morgan fingerprint density at radius 1 is 1.19 bits per heavy atom. The fraction of sp³-hybridized carbons (Fsp3) is 0.550. The van der Waals surface area contributed by atoms with Crippen LogP contribution in [0.2, 0.25) is 0 Å². The molecule has 1 aliphatic heterocycles. The van der Waals surface area contributed by atoms with E-state index in [-0.39, 0.29) is 18.2 Å². The number of hydrogen-bond acceptors (Lipinski definition) is 5. The molecular formula is C20H27NO5. The minimum absolute atomic E-state index is 0.00180. The second kappa shape index (κ2) is 8.34. The average molecular weight is 361 g/mol. The smallest absolute Gasteiger partial charge is 0.326 e. The third-order valence-corrected chi connectivity index (χ3v) is 4.22. The molecule has 6 nitrogen and oxygen atoms in total. The zero-order valence-corrected chi connectivity index (χ0v) is 16.0. The SMILES string of the molecule is CCCCOC(=O)CN1C(=O)C(C)(C)Oc2ccc(C(=O)CCC)cc21. The molecule has 1 heterocycles. The van der Waals surface area contributed by atoms with Crippen molar-refractivity contribution < 1.29 is 23.9 Å². The van der Waals surface area contributed by atoms with Gasteiger partial charge in [0.2, 0.25) is 0 Å². The van der Waals surface area contributed by atoms with Crippen molar-refractivity contribution in [3.8, 4) is 5.75 Å². The predicted molar refractivity (Wildman–Crippen MR) is 98.6 cm³/mol. The molecule has 2 rings (SSSR count). The Kier molecular flexibility index (Phi) is 6.40. The number of anilines is 1. The lowest BCUT2D eigenvalue weighted by Gasteiger charge is -2.38. The minimum atomic E-state index is -1.09. The summed E-state index contributed by atoms with van der Waals surface area (Å²) in [5.74, 6) is -0.333. The summed E-state index contributed by atoms with van der Waals surface area (Å²) in [7, 11) is 0. The lowest BCUT2D eigenvalue weighted by Crippen LogP contribution is -2.54.